The van der Waals surface area contributed by atoms with Gasteiger partial charge in [-0.1, -0.05) is 138 Å². The zero-order valence-electron chi connectivity index (χ0n) is 43.8. The molecule has 306 valence electrons. The van der Waals surface area contributed by atoms with E-state index in [1.807, 2.05) is 89.5 Å². The van der Waals surface area contributed by atoms with Crippen molar-refractivity contribution in [2.24, 2.45) is 0 Å². The molecule has 7 aromatic carbocycles. The van der Waals surface area contributed by atoms with E-state index in [4.69, 9.17) is 15.7 Å². The molecule has 62 heavy (non-hydrogen) atoms. The first-order valence-electron chi connectivity index (χ1n) is 25.0. The normalized spacial score (nSPS) is 15.0. The van der Waals surface area contributed by atoms with E-state index < -0.39 is 25.0 Å². The molecule has 0 N–H and O–H groups in total. The van der Waals surface area contributed by atoms with Crippen molar-refractivity contribution in [1.29, 1.82) is 0 Å². The predicted molar refractivity (Wildman–Crippen MR) is 260 cm³/mol. The average Bonchev–Trinajstić information content (AvgIpc) is 3.87. The van der Waals surface area contributed by atoms with Crippen molar-refractivity contribution in [2.45, 2.75) is 59.2 Å². The highest BCUT2D eigenvalue weighted by molar-refractivity contribution is 6.10. The number of benzene rings is 7. The van der Waals surface area contributed by atoms with Gasteiger partial charge >= 0.3 is 0 Å². The van der Waals surface area contributed by atoms with Crippen LogP contribution in [0.5, 0.6) is 11.5 Å². The van der Waals surface area contributed by atoms with E-state index in [2.05, 4.69) is 98.8 Å². The molecule has 2 aromatic heterocycles. The Morgan fingerprint density at radius 2 is 1.29 bits per heavy atom. The van der Waals surface area contributed by atoms with E-state index in [1.165, 1.54) is 11.6 Å². The van der Waals surface area contributed by atoms with Crippen molar-refractivity contribution in [3.05, 3.63) is 193 Å². The number of aryl methyl sites for hydroxylation is 1. The second kappa shape index (κ2) is 15.1. The fraction of sp³-hybridized carbons (Fsp3) is 0.175. The third-order valence-corrected chi connectivity index (χ3v) is 11.8. The number of nitrogens with zero attached hydrogens (tertiary/aromatic N) is 4. The third-order valence-electron chi connectivity index (χ3n) is 11.8. The first kappa shape index (κ1) is 30.8. The van der Waals surface area contributed by atoms with E-state index in [-0.39, 0.29) is 34.0 Å². The van der Waals surface area contributed by atoms with Crippen LogP contribution in [0.4, 0.5) is 22.7 Å². The van der Waals surface area contributed by atoms with Crippen LogP contribution in [0, 0.1) is 6.85 Å². The second-order valence-corrected chi connectivity index (χ2v) is 18.0. The fourth-order valence-corrected chi connectivity index (χ4v) is 8.60. The summed E-state index contributed by atoms with van der Waals surface area (Å²) in [5, 5.41) is 2.00. The number of anilines is 4. The number of aromatic nitrogens is 2. The number of pyridine rings is 1. The minimum atomic E-state index is -2.31. The Bertz CT molecular complexity index is 3520. The summed E-state index contributed by atoms with van der Waals surface area (Å²) in [7, 11) is 0. The van der Waals surface area contributed by atoms with Crippen LogP contribution < -0.4 is 14.5 Å². The lowest BCUT2D eigenvalue weighted by molar-refractivity contribution is 0.483. The summed E-state index contributed by atoms with van der Waals surface area (Å²) in [5.74, 6) is 1.66. The van der Waals surface area contributed by atoms with Gasteiger partial charge in [-0.3, -0.25) is 4.57 Å². The van der Waals surface area contributed by atoms with Crippen LogP contribution in [0.2, 0.25) is 0 Å². The van der Waals surface area contributed by atoms with Gasteiger partial charge in [-0.05, 0) is 106 Å². The molecule has 3 heterocycles. The number of hydrogen-bond acceptors (Lipinski definition) is 4. The Hall–Kier alpha value is -7.11. The number of hydrogen-bond donors (Lipinski definition) is 0. The van der Waals surface area contributed by atoms with Gasteiger partial charge in [-0.25, -0.2) is 4.98 Å². The molecular formula is C57H52N4O. The number of fused-ring (bicyclic) bond motifs is 4. The van der Waals surface area contributed by atoms with Crippen molar-refractivity contribution in [2.75, 3.05) is 16.5 Å². The first-order chi connectivity index (χ1) is 33.2. The average molecular weight is 817 g/mol. The van der Waals surface area contributed by atoms with Crippen molar-refractivity contribution >= 4 is 44.6 Å². The van der Waals surface area contributed by atoms with Crippen molar-refractivity contribution in [3.63, 3.8) is 0 Å². The molecule has 0 aliphatic carbocycles. The molecule has 0 radical (unpaired) electrons. The standard InChI is InChI=1S/C57H52N4O/c1-38-30-31-58-54(32-38)61-50-29-26-42(57(5,6)7)34-49(50)48-28-27-45(36-53(48)61)62-44-21-14-20-43(35-44)59-37-60(52-25-12-11-24-51(52)59)55-46(39-16-9-8-10-17-39)22-15-23-47(55)40-18-13-19-41(33-40)56(2,3)4/h8-36H,37H2,1-7H3/i1D3,8D,9D,10D,16D,17D. The van der Waals surface area contributed by atoms with Gasteiger partial charge in [-0.15, -0.1) is 0 Å². The molecule has 0 saturated heterocycles. The van der Waals surface area contributed by atoms with Crippen LogP contribution in [0.25, 0.3) is 49.9 Å². The van der Waals surface area contributed by atoms with Gasteiger partial charge in [0, 0.05) is 50.0 Å². The highest BCUT2D eigenvalue weighted by Gasteiger charge is 2.32. The minimum Gasteiger partial charge on any atom is -0.457 e. The van der Waals surface area contributed by atoms with Crippen molar-refractivity contribution < 1.29 is 15.7 Å². The summed E-state index contributed by atoms with van der Waals surface area (Å²) in [6.07, 6.45) is 1.54. The van der Waals surface area contributed by atoms with Gasteiger partial charge in [0.1, 0.15) is 24.0 Å². The van der Waals surface area contributed by atoms with Crippen LogP contribution in [-0.4, -0.2) is 16.2 Å². The highest BCUT2D eigenvalue weighted by Crippen LogP contribution is 2.50. The molecule has 10 rings (SSSR count). The number of ether oxygens (including phenoxy) is 1. The van der Waals surface area contributed by atoms with Gasteiger partial charge in [0.2, 0.25) is 0 Å². The van der Waals surface area contributed by atoms with Gasteiger partial charge in [0.25, 0.3) is 0 Å². The summed E-state index contributed by atoms with van der Waals surface area (Å²) < 4.78 is 77.1. The Balaban J connectivity index is 1.08. The molecule has 0 bridgehead atoms. The van der Waals surface area contributed by atoms with E-state index in [1.54, 1.807) is 12.3 Å². The molecule has 5 nitrogen and oxygen atoms in total. The summed E-state index contributed by atoms with van der Waals surface area (Å²) in [4.78, 5) is 9.04. The Morgan fingerprint density at radius 1 is 0.581 bits per heavy atom. The maximum atomic E-state index is 9.12. The molecule has 1 aliphatic rings. The summed E-state index contributed by atoms with van der Waals surface area (Å²) in [5.41, 5.74) is 9.78. The molecule has 9 aromatic rings. The van der Waals surface area contributed by atoms with Crippen LogP contribution in [0.1, 0.15) is 69.2 Å². The monoisotopic (exact) mass is 816 g/mol. The summed E-state index contributed by atoms with van der Waals surface area (Å²) in [6, 6.07) is 43.9. The maximum absolute atomic E-state index is 9.12. The largest absolute Gasteiger partial charge is 0.457 e. The Labute approximate surface area is 376 Å². The SMILES string of the molecule is [2H]c1c([2H])c([2H])c(-c2cccc(-c3cccc(C(C)(C)C)c3)c2N2CN(c3cccc(Oc4ccc5c6cc(C(C)(C)C)ccc6n(-c6cc(C([2H])([2H])[2H])ccn6)c5c4)c3)c3ccccc32)c([2H])c1[2H]. The van der Waals surface area contributed by atoms with E-state index in [9.17, 15) is 0 Å². The highest BCUT2D eigenvalue weighted by atomic mass is 16.5. The molecule has 0 saturated carbocycles. The lowest BCUT2D eigenvalue weighted by Crippen LogP contribution is -2.25. The molecule has 0 amide bonds. The van der Waals surface area contributed by atoms with Gasteiger partial charge in [0.05, 0.1) is 34.9 Å². The van der Waals surface area contributed by atoms with E-state index in [0.29, 0.717) is 35.2 Å². The third kappa shape index (κ3) is 7.07. The van der Waals surface area contributed by atoms with Gasteiger partial charge in [-0.2, -0.15) is 0 Å². The molecule has 0 spiro atoms. The van der Waals surface area contributed by atoms with Crippen LogP contribution >= 0.6 is 0 Å². The van der Waals surface area contributed by atoms with E-state index >= 15 is 0 Å². The topological polar surface area (TPSA) is 33.5 Å². The first-order valence-corrected chi connectivity index (χ1v) is 21.0. The van der Waals surface area contributed by atoms with Gasteiger partial charge < -0.3 is 14.5 Å². The van der Waals surface area contributed by atoms with Crippen molar-refractivity contribution in [1.82, 2.24) is 9.55 Å². The summed E-state index contributed by atoms with van der Waals surface area (Å²) >= 11 is 0. The molecule has 1 aliphatic heterocycles. The number of para-hydroxylation sites is 3. The molecule has 5 heteroatoms. The Morgan fingerprint density at radius 3 is 2.06 bits per heavy atom. The van der Waals surface area contributed by atoms with Crippen LogP contribution in [0.15, 0.2) is 176 Å². The fourth-order valence-electron chi connectivity index (χ4n) is 8.60. The number of rotatable bonds is 7. The maximum Gasteiger partial charge on any atom is 0.137 e. The van der Waals surface area contributed by atoms with E-state index in [0.717, 1.165) is 55.6 Å². The molecular weight excluding hydrogens is 757 g/mol. The second-order valence-electron chi connectivity index (χ2n) is 18.0. The lowest BCUT2D eigenvalue weighted by atomic mass is 9.85. The summed E-state index contributed by atoms with van der Waals surface area (Å²) in [6.45, 7) is 11.1. The smallest absolute Gasteiger partial charge is 0.137 e. The molecule has 0 unspecified atom stereocenters. The zero-order valence-corrected chi connectivity index (χ0v) is 35.8. The predicted octanol–water partition coefficient (Wildman–Crippen LogP) is 15.5. The minimum absolute atomic E-state index is 0.100. The Kier molecular flexibility index (Phi) is 7.52. The molecule has 0 fully saturated rings. The van der Waals surface area contributed by atoms with Crippen LogP contribution in [-0.2, 0) is 10.8 Å². The quantitative estimate of drug-likeness (QED) is 0.160. The van der Waals surface area contributed by atoms with Crippen molar-refractivity contribution in [3.8, 4) is 39.6 Å². The van der Waals surface area contributed by atoms with Gasteiger partial charge in [0.15, 0.2) is 0 Å². The zero-order chi connectivity index (χ0) is 49.6. The molecule has 0 atom stereocenters. The lowest BCUT2D eigenvalue weighted by Gasteiger charge is -2.28. The van der Waals surface area contributed by atoms with Crippen LogP contribution in [0.3, 0.4) is 0 Å².